The molecule has 0 aromatic heterocycles. The maximum Gasteiger partial charge on any atom is 0.0198 e. The quantitative estimate of drug-likeness (QED) is 0.807. The van der Waals surface area contributed by atoms with Gasteiger partial charge < -0.3 is 5.32 Å². The Balaban J connectivity index is 1.50. The van der Waals surface area contributed by atoms with Gasteiger partial charge in [0.25, 0.3) is 0 Å². The van der Waals surface area contributed by atoms with Gasteiger partial charge in [-0.05, 0) is 56.4 Å². The van der Waals surface area contributed by atoms with Crippen molar-refractivity contribution in [2.45, 2.75) is 58.0 Å². The first-order valence-corrected chi connectivity index (χ1v) is 7.70. The number of hydrogen-bond donors (Lipinski definition) is 1. The fourth-order valence-corrected chi connectivity index (χ4v) is 3.66. The molecule has 3 fully saturated rings. The van der Waals surface area contributed by atoms with Gasteiger partial charge in [0.05, 0.1) is 0 Å². The zero-order chi connectivity index (χ0) is 11.8. The number of rotatable bonds is 4. The van der Waals surface area contributed by atoms with E-state index in [1.807, 2.05) is 0 Å². The summed E-state index contributed by atoms with van der Waals surface area (Å²) in [5.41, 5.74) is 0. The molecule has 3 rings (SSSR count). The smallest absolute Gasteiger partial charge is 0.0198 e. The van der Waals surface area contributed by atoms with Crippen molar-refractivity contribution in [2.75, 3.05) is 19.6 Å². The molecule has 0 aromatic rings. The van der Waals surface area contributed by atoms with Gasteiger partial charge in [0.1, 0.15) is 0 Å². The Hall–Kier alpha value is -0.0800. The number of hydrogen-bond acceptors (Lipinski definition) is 2. The predicted molar refractivity (Wildman–Crippen MR) is 72.1 cm³/mol. The molecule has 17 heavy (non-hydrogen) atoms. The minimum absolute atomic E-state index is 0.771. The summed E-state index contributed by atoms with van der Waals surface area (Å²) in [7, 11) is 0. The topological polar surface area (TPSA) is 15.3 Å². The predicted octanol–water partition coefficient (Wildman–Crippen LogP) is 2.49. The van der Waals surface area contributed by atoms with Crippen molar-refractivity contribution in [1.82, 2.24) is 10.2 Å². The van der Waals surface area contributed by atoms with E-state index in [9.17, 15) is 0 Å². The SMILES string of the molecule is CC1CC(NCC2CC2)CN(C2CCC2C)C1. The summed E-state index contributed by atoms with van der Waals surface area (Å²) < 4.78 is 0. The second kappa shape index (κ2) is 4.89. The van der Waals surface area contributed by atoms with Crippen molar-refractivity contribution in [3.8, 4) is 0 Å². The van der Waals surface area contributed by atoms with Crippen LogP contribution in [0.1, 0.15) is 46.0 Å². The van der Waals surface area contributed by atoms with E-state index in [1.54, 1.807) is 0 Å². The number of piperidine rings is 1. The van der Waals surface area contributed by atoms with Crippen LogP contribution in [0.2, 0.25) is 0 Å². The van der Waals surface area contributed by atoms with Crippen LogP contribution in [0.4, 0.5) is 0 Å². The summed E-state index contributed by atoms with van der Waals surface area (Å²) in [6, 6.07) is 1.68. The Morgan fingerprint density at radius 2 is 1.88 bits per heavy atom. The first-order chi connectivity index (χ1) is 8.22. The van der Waals surface area contributed by atoms with Gasteiger partial charge in [-0.2, -0.15) is 0 Å². The molecule has 2 aliphatic carbocycles. The van der Waals surface area contributed by atoms with Gasteiger partial charge in [-0.25, -0.2) is 0 Å². The fraction of sp³-hybridized carbons (Fsp3) is 1.00. The molecular formula is C15H28N2. The van der Waals surface area contributed by atoms with E-state index in [0.717, 1.165) is 29.8 Å². The summed E-state index contributed by atoms with van der Waals surface area (Å²) in [6.45, 7) is 8.80. The van der Waals surface area contributed by atoms with Crippen molar-refractivity contribution in [1.29, 1.82) is 0 Å². The molecule has 0 amide bonds. The molecule has 1 N–H and O–H groups in total. The average Bonchev–Trinajstić information content (AvgIpc) is 3.07. The van der Waals surface area contributed by atoms with Crippen LogP contribution < -0.4 is 5.32 Å². The van der Waals surface area contributed by atoms with Crippen molar-refractivity contribution >= 4 is 0 Å². The van der Waals surface area contributed by atoms with E-state index >= 15 is 0 Å². The fourth-order valence-electron chi connectivity index (χ4n) is 3.66. The van der Waals surface area contributed by atoms with Crippen molar-refractivity contribution < 1.29 is 0 Å². The normalized spacial score (nSPS) is 43.4. The molecule has 0 spiro atoms. The lowest BCUT2D eigenvalue weighted by Crippen LogP contribution is -2.56. The Morgan fingerprint density at radius 3 is 2.47 bits per heavy atom. The number of nitrogens with one attached hydrogen (secondary N) is 1. The highest BCUT2D eigenvalue weighted by atomic mass is 15.2. The van der Waals surface area contributed by atoms with Gasteiger partial charge >= 0.3 is 0 Å². The first kappa shape index (κ1) is 12.0. The highest BCUT2D eigenvalue weighted by molar-refractivity contribution is 4.92. The molecule has 2 saturated carbocycles. The second-order valence-electron chi connectivity index (χ2n) is 6.97. The Bertz CT molecular complexity index is 262. The molecule has 4 atom stereocenters. The molecular weight excluding hydrogens is 208 g/mol. The molecule has 1 heterocycles. The zero-order valence-electron chi connectivity index (χ0n) is 11.5. The molecule has 0 radical (unpaired) electrons. The lowest BCUT2D eigenvalue weighted by Gasteiger charge is -2.48. The van der Waals surface area contributed by atoms with Crippen LogP contribution in [0.3, 0.4) is 0 Å². The third-order valence-electron chi connectivity index (χ3n) is 5.12. The van der Waals surface area contributed by atoms with Crippen LogP contribution in [0.5, 0.6) is 0 Å². The molecule has 4 unspecified atom stereocenters. The monoisotopic (exact) mass is 236 g/mol. The summed E-state index contributed by atoms with van der Waals surface area (Å²) >= 11 is 0. The number of nitrogens with zero attached hydrogens (tertiary/aromatic N) is 1. The summed E-state index contributed by atoms with van der Waals surface area (Å²) in [5.74, 6) is 2.85. The molecule has 2 nitrogen and oxygen atoms in total. The molecule has 0 aromatic carbocycles. The van der Waals surface area contributed by atoms with Gasteiger partial charge in [-0.15, -0.1) is 0 Å². The van der Waals surface area contributed by atoms with Crippen LogP contribution in [0.25, 0.3) is 0 Å². The standard InChI is InChI=1S/C15H28N2/c1-11-7-14(16-8-13-4-5-13)10-17(9-11)15-6-3-12(15)2/h11-16H,3-10H2,1-2H3. The maximum absolute atomic E-state index is 3.82. The Kier molecular flexibility index (Phi) is 3.45. The summed E-state index contributed by atoms with van der Waals surface area (Å²) in [4.78, 5) is 2.78. The van der Waals surface area contributed by atoms with E-state index in [1.165, 1.54) is 51.7 Å². The summed E-state index contributed by atoms with van der Waals surface area (Å²) in [5, 5.41) is 3.82. The minimum atomic E-state index is 0.771. The van der Waals surface area contributed by atoms with Gasteiger partial charge in [0.15, 0.2) is 0 Å². The largest absolute Gasteiger partial charge is 0.312 e. The van der Waals surface area contributed by atoms with Crippen LogP contribution in [0, 0.1) is 17.8 Å². The molecule has 2 heteroatoms. The molecule has 3 aliphatic rings. The van der Waals surface area contributed by atoms with Crippen LogP contribution >= 0.6 is 0 Å². The average molecular weight is 236 g/mol. The third kappa shape index (κ3) is 2.85. The minimum Gasteiger partial charge on any atom is -0.312 e. The maximum atomic E-state index is 3.82. The van der Waals surface area contributed by atoms with Gasteiger partial charge in [0, 0.05) is 25.2 Å². The van der Waals surface area contributed by atoms with E-state index in [0.29, 0.717) is 0 Å². The van der Waals surface area contributed by atoms with Crippen LogP contribution in [0.15, 0.2) is 0 Å². The van der Waals surface area contributed by atoms with E-state index in [4.69, 9.17) is 0 Å². The Morgan fingerprint density at radius 1 is 1.06 bits per heavy atom. The van der Waals surface area contributed by atoms with E-state index < -0.39 is 0 Å². The highest BCUT2D eigenvalue weighted by Crippen LogP contribution is 2.34. The second-order valence-corrected chi connectivity index (χ2v) is 6.97. The lowest BCUT2D eigenvalue weighted by molar-refractivity contribution is 0.0263. The number of likely N-dealkylation sites (tertiary alicyclic amines) is 1. The van der Waals surface area contributed by atoms with Gasteiger partial charge in [-0.3, -0.25) is 4.90 Å². The zero-order valence-corrected chi connectivity index (χ0v) is 11.5. The van der Waals surface area contributed by atoms with Crippen LogP contribution in [-0.4, -0.2) is 36.6 Å². The first-order valence-electron chi connectivity index (χ1n) is 7.70. The van der Waals surface area contributed by atoms with Crippen molar-refractivity contribution in [3.63, 3.8) is 0 Å². The molecule has 98 valence electrons. The van der Waals surface area contributed by atoms with Crippen LogP contribution in [-0.2, 0) is 0 Å². The third-order valence-corrected chi connectivity index (χ3v) is 5.12. The Labute approximate surface area is 106 Å². The molecule has 0 bridgehead atoms. The summed E-state index contributed by atoms with van der Waals surface area (Å²) in [6.07, 6.45) is 7.24. The van der Waals surface area contributed by atoms with E-state index in [2.05, 4.69) is 24.1 Å². The van der Waals surface area contributed by atoms with Gasteiger partial charge in [0.2, 0.25) is 0 Å². The van der Waals surface area contributed by atoms with Gasteiger partial charge in [-0.1, -0.05) is 13.8 Å². The van der Waals surface area contributed by atoms with Crippen molar-refractivity contribution in [2.24, 2.45) is 17.8 Å². The molecule has 1 saturated heterocycles. The van der Waals surface area contributed by atoms with Crippen molar-refractivity contribution in [3.05, 3.63) is 0 Å². The molecule has 1 aliphatic heterocycles. The highest BCUT2D eigenvalue weighted by Gasteiger charge is 2.36. The van der Waals surface area contributed by atoms with E-state index in [-0.39, 0.29) is 0 Å². The lowest BCUT2D eigenvalue weighted by atomic mass is 9.78.